The van der Waals surface area contributed by atoms with Crippen molar-refractivity contribution in [3.05, 3.63) is 47.5 Å². The maximum atomic E-state index is 12.6. The van der Waals surface area contributed by atoms with E-state index in [0.29, 0.717) is 23.6 Å². The molecule has 1 atom stereocenters. The van der Waals surface area contributed by atoms with Crippen molar-refractivity contribution in [3.63, 3.8) is 0 Å². The van der Waals surface area contributed by atoms with Crippen molar-refractivity contribution < 1.29 is 19.0 Å². The summed E-state index contributed by atoms with van der Waals surface area (Å²) in [5.41, 5.74) is 2.80. The summed E-state index contributed by atoms with van der Waals surface area (Å²) in [6.45, 7) is 5.93. The second-order valence-corrected chi connectivity index (χ2v) is 5.77. The van der Waals surface area contributed by atoms with Gasteiger partial charge < -0.3 is 19.5 Å². The molecule has 0 aliphatic carbocycles. The van der Waals surface area contributed by atoms with E-state index >= 15 is 0 Å². The minimum atomic E-state index is -0.575. The van der Waals surface area contributed by atoms with Crippen LogP contribution in [0.25, 0.3) is 0 Å². The fourth-order valence-electron chi connectivity index (χ4n) is 2.46. The van der Waals surface area contributed by atoms with Gasteiger partial charge in [-0.2, -0.15) is 0 Å². The van der Waals surface area contributed by atoms with Crippen LogP contribution >= 0.6 is 0 Å². The number of carbonyl (C=O) groups is 1. The number of ether oxygens (including phenoxy) is 3. The van der Waals surface area contributed by atoms with Crippen molar-refractivity contribution >= 4 is 11.6 Å². The van der Waals surface area contributed by atoms with Gasteiger partial charge in [0.15, 0.2) is 17.6 Å². The quantitative estimate of drug-likeness (QED) is 0.822. The lowest BCUT2D eigenvalue weighted by molar-refractivity contribution is -0.122. The van der Waals surface area contributed by atoms with Crippen LogP contribution in [0.1, 0.15) is 24.5 Å². The average Bonchev–Trinajstić information content (AvgIpc) is 2.62. The Labute approximate surface area is 148 Å². The number of methoxy groups -OCH3 is 2. The maximum Gasteiger partial charge on any atom is 0.265 e. The molecule has 1 N–H and O–H groups in total. The molecule has 0 saturated carbocycles. The van der Waals surface area contributed by atoms with Crippen LogP contribution in [-0.2, 0) is 4.79 Å². The van der Waals surface area contributed by atoms with Crippen LogP contribution in [-0.4, -0.2) is 26.2 Å². The van der Waals surface area contributed by atoms with Crippen LogP contribution < -0.4 is 19.5 Å². The van der Waals surface area contributed by atoms with Crippen LogP contribution in [0.5, 0.6) is 17.2 Å². The van der Waals surface area contributed by atoms with E-state index in [9.17, 15) is 4.79 Å². The highest BCUT2D eigenvalue weighted by molar-refractivity contribution is 5.94. The van der Waals surface area contributed by atoms with Gasteiger partial charge in [0.05, 0.1) is 14.2 Å². The first-order valence-corrected chi connectivity index (χ1v) is 8.25. The van der Waals surface area contributed by atoms with Crippen molar-refractivity contribution in [2.45, 2.75) is 33.3 Å². The highest BCUT2D eigenvalue weighted by Gasteiger charge is 2.20. The van der Waals surface area contributed by atoms with E-state index in [1.165, 1.54) is 0 Å². The van der Waals surface area contributed by atoms with Crippen LogP contribution in [0, 0.1) is 13.8 Å². The summed E-state index contributed by atoms with van der Waals surface area (Å²) in [6, 6.07) is 11.1. The summed E-state index contributed by atoms with van der Waals surface area (Å²) in [4.78, 5) is 12.6. The zero-order chi connectivity index (χ0) is 18.4. The minimum Gasteiger partial charge on any atom is -0.493 e. The normalized spacial score (nSPS) is 11.6. The minimum absolute atomic E-state index is 0.198. The van der Waals surface area contributed by atoms with Gasteiger partial charge in [0.1, 0.15) is 5.75 Å². The molecule has 2 aromatic carbocycles. The van der Waals surface area contributed by atoms with Gasteiger partial charge in [0.2, 0.25) is 0 Å². The Morgan fingerprint density at radius 1 is 1.04 bits per heavy atom. The fourth-order valence-corrected chi connectivity index (χ4v) is 2.46. The molecule has 0 heterocycles. The number of benzene rings is 2. The molecule has 0 aromatic heterocycles. The Morgan fingerprint density at radius 3 is 2.40 bits per heavy atom. The van der Waals surface area contributed by atoms with E-state index in [1.54, 1.807) is 32.4 Å². The molecule has 0 spiro atoms. The Balaban J connectivity index is 2.13. The number of aryl methyl sites for hydroxylation is 1. The Hall–Kier alpha value is -2.69. The van der Waals surface area contributed by atoms with Crippen LogP contribution in [0.3, 0.4) is 0 Å². The molecule has 5 heteroatoms. The average molecular weight is 343 g/mol. The van der Waals surface area contributed by atoms with Gasteiger partial charge in [-0.05, 0) is 49.6 Å². The summed E-state index contributed by atoms with van der Waals surface area (Å²) in [5, 5.41) is 2.87. The number of hydrogen-bond acceptors (Lipinski definition) is 4. The van der Waals surface area contributed by atoms with E-state index in [2.05, 4.69) is 5.32 Å². The third-order valence-corrected chi connectivity index (χ3v) is 4.14. The standard InChI is InChI=1S/C20H25NO4/c1-6-16(25-17-9-7-8-13(2)14(17)3)20(22)21-15-10-11-18(23-4)19(12-15)24-5/h7-12,16H,6H2,1-5H3,(H,21,22)/t16-/m0/s1. The fraction of sp³-hybridized carbons (Fsp3) is 0.350. The van der Waals surface area contributed by atoms with Crippen LogP contribution in [0.2, 0.25) is 0 Å². The van der Waals surface area contributed by atoms with Crippen LogP contribution in [0.4, 0.5) is 5.69 Å². The molecule has 0 aliphatic heterocycles. The second-order valence-electron chi connectivity index (χ2n) is 5.77. The summed E-state index contributed by atoms with van der Waals surface area (Å²) in [6.07, 6.45) is -0.0134. The lowest BCUT2D eigenvalue weighted by Gasteiger charge is -2.19. The molecule has 0 aliphatic rings. The maximum absolute atomic E-state index is 12.6. The van der Waals surface area contributed by atoms with E-state index in [1.807, 2.05) is 39.0 Å². The third-order valence-electron chi connectivity index (χ3n) is 4.14. The Bertz CT molecular complexity index is 742. The molecule has 134 valence electrons. The number of anilines is 1. The van der Waals surface area contributed by atoms with Gasteiger partial charge in [-0.3, -0.25) is 4.79 Å². The predicted octanol–water partition coefficient (Wildman–Crippen LogP) is 4.12. The lowest BCUT2D eigenvalue weighted by atomic mass is 10.1. The first kappa shape index (κ1) is 18.6. The molecule has 0 saturated heterocycles. The zero-order valence-corrected chi connectivity index (χ0v) is 15.4. The smallest absolute Gasteiger partial charge is 0.265 e. The van der Waals surface area contributed by atoms with Crippen molar-refractivity contribution in [1.82, 2.24) is 0 Å². The molecule has 25 heavy (non-hydrogen) atoms. The van der Waals surface area contributed by atoms with Gasteiger partial charge in [-0.1, -0.05) is 19.1 Å². The Morgan fingerprint density at radius 2 is 1.76 bits per heavy atom. The van der Waals surface area contributed by atoms with Gasteiger partial charge in [-0.15, -0.1) is 0 Å². The SMILES string of the molecule is CC[C@H](Oc1cccc(C)c1C)C(=O)Nc1ccc(OC)c(OC)c1. The number of hydrogen-bond donors (Lipinski definition) is 1. The molecule has 1 amide bonds. The molecule has 0 radical (unpaired) electrons. The van der Waals surface area contributed by atoms with Crippen molar-refractivity contribution in [2.24, 2.45) is 0 Å². The number of amides is 1. The molecule has 5 nitrogen and oxygen atoms in total. The summed E-state index contributed by atoms with van der Waals surface area (Å²) >= 11 is 0. The molecule has 2 aromatic rings. The monoisotopic (exact) mass is 343 g/mol. The topological polar surface area (TPSA) is 56.8 Å². The van der Waals surface area contributed by atoms with Gasteiger partial charge in [0, 0.05) is 11.8 Å². The third kappa shape index (κ3) is 4.44. The van der Waals surface area contributed by atoms with E-state index < -0.39 is 6.10 Å². The molecule has 0 unspecified atom stereocenters. The summed E-state index contributed by atoms with van der Waals surface area (Å²) in [5.74, 6) is 1.70. The first-order chi connectivity index (χ1) is 12.0. The summed E-state index contributed by atoms with van der Waals surface area (Å²) in [7, 11) is 3.13. The molecular formula is C20H25NO4. The van der Waals surface area contributed by atoms with Crippen LogP contribution in [0.15, 0.2) is 36.4 Å². The van der Waals surface area contributed by atoms with E-state index in [-0.39, 0.29) is 5.91 Å². The van der Waals surface area contributed by atoms with E-state index in [0.717, 1.165) is 16.9 Å². The van der Waals surface area contributed by atoms with Crippen molar-refractivity contribution in [2.75, 3.05) is 19.5 Å². The zero-order valence-electron chi connectivity index (χ0n) is 15.4. The number of rotatable bonds is 7. The predicted molar refractivity (Wildman–Crippen MR) is 98.8 cm³/mol. The number of nitrogens with one attached hydrogen (secondary N) is 1. The van der Waals surface area contributed by atoms with Gasteiger partial charge >= 0.3 is 0 Å². The van der Waals surface area contributed by atoms with Gasteiger partial charge in [0.25, 0.3) is 5.91 Å². The molecular weight excluding hydrogens is 318 g/mol. The molecule has 2 rings (SSSR count). The summed E-state index contributed by atoms with van der Waals surface area (Å²) < 4.78 is 16.4. The van der Waals surface area contributed by atoms with Crippen molar-refractivity contribution in [1.29, 1.82) is 0 Å². The first-order valence-electron chi connectivity index (χ1n) is 8.25. The highest BCUT2D eigenvalue weighted by Crippen LogP contribution is 2.30. The lowest BCUT2D eigenvalue weighted by Crippen LogP contribution is -2.32. The van der Waals surface area contributed by atoms with E-state index in [4.69, 9.17) is 14.2 Å². The second kappa shape index (κ2) is 8.42. The molecule has 0 bridgehead atoms. The van der Waals surface area contributed by atoms with Crippen molar-refractivity contribution in [3.8, 4) is 17.2 Å². The molecule has 0 fully saturated rings. The largest absolute Gasteiger partial charge is 0.493 e. The van der Waals surface area contributed by atoms with Gasteiger partial charge in [-0.25, -0.2) is 0 Å². The Kier molecular flexibility index (Phi) is 6.28. The number of carbonyl (C=O) groups excluding carboxylic acids is 1. The highest BCUT2D eigenvalue weighted by atomic mass is 16.5.